The maximum Gasteiger partial charge on any atom is 0.131 e. The van der Waals surface area contributed by atoms with Gasteiger partial charge in [-0.25, -0.2) is 0 Å². The molecule has 1 aliphatic heterocycles. The standard InChI is InChI=1S/C15H23NO4/c1-16-7-5-6-11(17)15(16)14-12(19-3)8-10(18-2)9-13(14)20-4/h8-9,11,15,17H,5-7H2,1-4H3/t11-,15+/m1/s1. The smallest absolute Gasteiger partial charge is 0.131 e. The van der Waals surface area contributed by atoms with Crippen LogP contribution in [0.3, 0.4) is 0 Å². The van der Waals surface area contributed by atoms with Crippen LogP contribution in [0.15, 0.2) is 12.1 Å². The van der Waals surface area contributed by atoms with Crippen molar-refractivity contribution >= 4 is 0 Å². The van der Waals surface area contributed by atoms with Crippen molar-refractivity contribution in [2.45, 2.75) is 25.0 Å². The Morgan fingerprint density at radius 1 is 1.10 bits per heavy atom. The summed E-state index contributed by atoms with van der Waals surface area (Å²) in [4.78, 5) is 2.14. The first-order chi connectivity index (χ1) is 9.62. The number of rotatable bonds is 4. The van der Waals surface area contributed by atoms with E-state index in [2.05, 4.69) is 4.90 Å². The zero-order valence-electron chi connectivity index (χ0n) is 12.5. The Bertz CT molecular complexity index is 428. The van der Waals surface area contributed by atoms with Gasteiger partial charge in [-0.3, -0.25) is 4.90 Å². The van der Waals surface area contributed by atoms with E-state index in [-0.39, 0.29) is 6.04 Å². The molecule has 1 heterocycles. The molecule has 1 aromatic carbocycles. The summed E-state index contributed by atoms with van der Waals surface area (Å²) >= 11 is 0. The van der Waals surface area contributed by atoms with Crippen LogP contribution in [0.1, 0.15) is 24.4 Å². The van der Waals surface area contributed by atoms with Crippen LogP contribution in [0.25, 0.3) is 0 Å². The highest BCUT2D eigenvalue weighted by atomic mass is 16.5. The maximum atomic E-state index is 10.4. The molecule has 1 N–H and O–H groups in total. The Morgan fingerprint density at radius 2 is 1.70 bits per heavy atom. The average molecular weight is 281 g/mol. The van der Waals surface area contributed by atoms with Crippen LogP contribution in [-0.4, -0.2) is 51.0 Å². The van der Waals surface area contributed by atoms with Gasteiger partial charge < -0.3 is 19.3 Å². The predicted molar refractivity (Wildman–Crippen MR) is 76.7 cm³/mol. The van der Waals surface area contributed by atoms with Crippen molar-refractivity contribution in [3.63, 3.8) is 0 Å². The lowest BCUT2D eigenvalue weighted by molar-refractivity contribution is 0.0218. The van der Waals surface area contributed by atoms with Crippen LogP contribution >= 0.6 is 0 Å². The second-order valence-electron chi connectivity index (χ2n) is 5.08. The fraction of sp³-hybridized carbons (Fsp3) is 0.600. The van der Waals surface area contributed by atoms with Crippen LogP contribution in [0.4, 0.5) is 0 Å². The fourth-order valence-corrected chi connectivity index (χ4v) is 2.88. The fourth-order valence-electron chi connectivity index (χ4n) is 2.88. The van der Waals surface area contributed by atoms with E-state index in [0.29, 0.717) is 17.2 Å². The monoisotopic (exact) mass is 281 g/mol. The SMILES string of the molecule is COc1cc(OC)c([C@@H]2[C@H](O)CCCN2C)c(OC)c1. The molecule has 5 heteroatoms. The lowest BCUT2D eigenvalue weighted by Crippen LogP contribution is -2.39. The van der Waals surface area contributed by atoms with Crippen molar-refractivity contribution in [1.29, 1.82) is 0 Å². The number of aliphatic hydroxyl groups excluding tert-OH is 1. The second-order valence-corrected chi connectivity index (χ2v) is 5.08. The molecule has 2 atom stereocenters. The van der Waals surface area contributed by atoms with E-state index in [1.165, 1.54) is 0 Å². The van der Waals surface area contributed by atoms with Gasteiger partial charge in [-0.05, 0) is 26.4 Å². The van der Waals surface area contributed by atoms with Gasteiger partial charge in [0.2, 0.25) is 0 Å². The van der Waals surface area contributed by atoms with Gasteiger partial charge in [0.15, 0.2) is 0 Å². The van der Waals surface area contributed by atoms with Gasteiger partial charge in [-0.2, -0.15) is 0 Å². The summed E-state index contributed by atoms with van der Waals surface area (Å²) in [6, 6.07) is 3.53. The third kappa shape index (κ3) is 2.69. The minimum atomic E-state index is -0.426. The lowest BCUT2D eigenvalue weighted by Gasteiger charge is -2.38. The number of benzene rings is 1. The molecule has 0 aliphatic carbocycles. The van der Waals surface area contributed by atoms with Gasteiger partial charge in [-0.15, -0.1) is 0 Å². The molecule has 0 spiro atoms. The molecule has 0 aromatic heterocycles. The van der Waals surface area contributed by atoms with Gasteiger partial charge in [0.25, 0.3) is 0 Å². The van der Waals surface area contributed by atoms with Crippen LogP contribution in [0.5, 0.6) is 17.2 Å². The number of ether oxygens (including phenoxy) is 3. The molecule has 1 aromatic rings. The van der Waals surface area contributed by atoms with Crippen molar-refractivity contribution in [3.8, 4) is 17.2 Å². The van der Waals surface area contributed by atoms with Gasteiger partial charge >= 0.3 is 0 Å². The highest BCUT2D eigenvalue weighted by molar-refractivity contribution is 5.52. The molecule has 112 valence electrons. The van der Waals surface area contributed by atoms with Crippen molar-refractivity contribution in [2.75, 3.05) is 34.9 Å². The van der Waals surface area contributed by atoms with E-state index in [4.69, 9.17) is 14.2 Å². The molecule has 5 nitrogen and oxygen atoms in total. The minimum Gasteiger partial charge on any atom is -0.496 e. The molecule has 0 bridgehead atoms. The number of hydrogen-bond donors (Lipinski definition) is 1. The van der Waals surface area contributed by atoms with Gasteiger partial charge in [0.05, 0.1) is 39.0 Å². The third-order valence-electron chi connectivity index (χ3n) is 3.90. The number of nitrogens with zero attached hydrogens (tertiary/aromatic N) is 1. The Morgan fingerprint density at radius 3 is 2.15 bits per heavy atom. The normalized spacial score (nSPS) is 23.4. The van der Waals surface area contributed by atoms with Crippen molar-refractivity contribution < 1.29 is 19.3 Å². The van der Waals surface area contributed by atoms with Crippen molar-refractivity contribution in [1.82, 2.24) is 4.90 Å². The van der Waals surface area contributed by atoms with Gasteiger partial charge in [0, 0.05) is 12.1 Å². The lowest BCUT2D eigenvalue weighted by atomic mass is 9.91. The van der Waals surface area contributed by atoms with E-state index in [1.807, 2.05) is 19.2 Å². The summed E-state index contributed by atoms with van der Waals surface area (Å²) in [5, 5.41) is 10.4. The molecule has 0 amide bonds. The zero-order valence-corrected chi connectivity index (χ0v) is 12.5. The van der Waals surface area contributed by atoms with E-state index in [1.54, 1.807) is 21.3 Å². The first kappa shape index (κ1) is 14.9. The quantitative estimate of drug-likeness (QED) is 0.912. The first-order valence-electron chi connectivity index (χ1n) is 6.80. The van der Waals surface area contributed by atoms with Crippen molar-refractivity contribution in [2.24, 2.45) is 0 Å². The number of methoxy groups -OCH3 is 3. The summed E-state index contributed by atoms with van der Waals surface area (Å²) < 4.78 is 16.2. The molecule has 0 saturated carbocycles. The minimum absolute atomic E-state index is 0.125. The summed E-state index contributed by atoms with van der Waals surface area (Å²) in [6.45, 7) is 0.945. The average Bonchev–Trinajstić information content (AvgIpc) is 2.46. The number of likely N-dealkylation sites (N-methyl/N-ethyl adjacent to an activating group) is 1. The Labute approximate surface area is 120 Å². The zero-order chi connectivity index (χ0) is 14.7. The van der Waals surface area contributed by atoms with E-state index in [0.717, 1.165) is 24.9 Å². The molecule has 0 radical (unpaired) electrons. The molecule has 20 heavy (non-hydrogen) atoms. The Hall–Kier alpha value is -1.46. The predicted octanol–water partition coefficient (Wildman–Crippen LogP) is 1.84. The number of hydrogen-bond acceptors (Lipinski definition) is 5. The van der Waals surface area contributed by atoms with Crippen LogP contribution in [0.2, 0.25) is 0 Å². The largest absolute Gasteiger partial charge is 0.496 e. The summed E-state index contributed by atoms with van der Waals surface area (Å²) in [5.74, 6) is 2.04. The third-order valence-corrected chi connectivity index (χ3v) is 3.90. The Kier molecular flexibility index (Phi) is 4.73. The summed E-state index contributed by atoms with van der Waals surface area (Å²) in [5.41, 5.74) is 0.880. The number of piperidine rings is 1. The van der Waals surface area contributed by atoms with Gasteiger partial charge in [-0.1, -0.05) is 0 Å². The van der Waals surface area contributed by atoms with Crippen molar-refractivity contribution in [3.05, 3.63) is 17.7 Å². The summed E-state index contributed by atoms with van der Waals surface area (Å²) in [6.07, 6.45) is 1.35. The molecular weight excluding hydrogens is 258 g/mol. The molecule has 1 fully saturated rings. The first-order valence-corrected chi connectivity index (χ1v) is 6.80. The number of aliphatic hydroxyl groups is 1. The Balaban J connectivity index is 2.52. The van der Waals surface area contributed by atoms with E-state index >= 15 is 0 Å². The highest BCUT2D eigenvalue weighted by Crippen LogP contribution is 2.43. The topological polar surface area (TPSA) is 51.2 Å². The van der Waals surface area contributed by atoms with Crippen LogP contribution < -0.4 is 14.2 Å². The van der Waals surface area contributed by atoms with E-state index in [9.17, 15) is 5.11 Å². The van der Waals surface area contributed by atoms with Crippen LogP contribution in [-0.2, 0) is 0 Å². The number of likely N-dealkylation sites (tertiary alicyclic amines) is 1. The van der Waals surface area contributed by atoms with Crippen LogP contribution in [0, 0.1) is 0 Å². The van der Waals surface area contributed by atoms with Gasteiger partial charge in [0.1, 0.15) is 17.2 Å². The molecule has 0 unspecified atom stereocenters. The molecule has 1 saturated heterocycles. The maximum absolute atomic E-state index is 10.4. The summed E-state index contributed by atoms with van der Waals surface area (Å²) in [7, 11) is 6.85. The van der Waals surface area contributed by atoms with E-state index < -0.39 is 6.10 Å². The molecular formula is C15H23NO4. The molecule has 1 aliphatic rings. The highest BCUT2D eigenvalue weighted by Gasteiger charge is 2.34. The second kappa shape index (κ2) is 6.33. The molecule has 2 rings (SSSR count).